The number of carbonyl (C=O) groups excluding carboxylic acids is 2. The average molecular weight is 269 g/mol. The normalized spacial score (nSPS) is 22.2. The summed E-state index contributed by atoms with van der Waals surface area (Å²) in [4.78, 5) is 25.2. The first-order chi connectivity index (χ1) is 8.72. The maximum Gasteiger partial charge on any atom is 0.410 e. The predicted octanol–water partition coefficient (Wildman–Crippen LogP) is 0.837. The van der Waals surface area contributed by atoms with Gasteiger partial charge in [0, 0.05) is 25.9 Å². The van der Waals surface area contributed by atoms with Crippen molar-refractivity contribution in [2.45, 2.75) is 44.8 Å². The van der Waals surface area contributed by atoms with E-state index in [4.69, 9.17) is 14.9 Å². The van der Waals surface area contributed by atoms with Gasteiger partial charge in [-0.3, -0.25) is 15.5 Å². The monoisotopic (exact) mass is 269 g/mol. The number of ether oxygens (including phenoxy) is 2. The fourth-order valence-electron chi connectivity index (χ4n) is 2.19. The number of likely N-dealkylation sites (tertiary alicyclic amines) is 1. The lowest BCUT2D eigenvalue weighted by atomic mass is 9.91. The van der Waals surface area contributed by atoms with Crippen LogP contribution in [0.15, 0.2) is 0 Å². The average Bonchev–Trinajstić information content (AvgIpc) is 2.52. The van der Waals surface area contributed by atoms with Crippen molar-refractivity contribution in [1.82, 2.24) is 10.2 Å². The van der Waals surface area contributed by atoms with Gasteiger partial charge in [-0.2, -0.15) is 0 Å². The molecule has 0 atom stereocenters. The molecule has 2 rings (SSSR count). The molecule has 7 nitrogen and oxygen atoms in total. The Balaban J connectivity index is 1.94. The van der Waals surface area contributed by atoms with E-state index in [1.54, 1.807) is 4.90 Å². The highest BCUT2D eigenvalue weighted by Crippen LogP contribution is 2.30. The number of amides is 2. The molecule has 0 radical (unpaired) electrons. The standard InChI is InChI=1S/C12H19N3O4/c1-11(2,3)19-10(17)15-6-4-12(5-7-15)8(16)14-9(13)18-12/h4-7H2,1-3H3,(H2,13,14,16). The molecule has 2 heterocycles. The molecule has 0 aromatic rings. The number of hydrogen-bond donors (Lipinski definition) is 2. The van der Waals surface area contributed by atoms with Gasteiger partial charge in [-0.1, -0.05) is 0 Å². The minimum atomic E-state index is -0.977. The highest BCUT2D eigenvalue weighted by Gasteiger charge is 2.50. The van der Waals surface area contributed by atoms with Crippen molar-refractivity contribution >= 4 is 18.0 Å². The molecule has 0 unspecified atom stereocenters. The minimum Gasteiger partial charge on any atom is -0.448 e. The van der Waals surface area contributed by atoms with E-state index in [0.29, 0.717) is 25.9 Å². The van der Waals surface area contributed by atoms with Gasteiger partial charge in [-0.15, -0.1) is 0 Å². The number of hydrogen-bond acceptors (Lipinski definition) is 5. The van der Waals surface area contributed by atoms with Crippen LogP contribution in [0.1, 0.15) is 33.6 Å². The largest absolute Gasteiger partial charge is 0.448 e. The minimum absolute atomic E-state index is 0.212. The molecule has 1 spiro atoms. The molecule has 2 aliphatic rings. The molecule has 7 heteroatoms. The fourth-order valence-corrected chi connectivity index (χ4v) is 2.19. The lowest BCUT2D eigenvalue weighted by Crippen LogP contribution is -2.51. The van der Waals surface area contributed by atoms with E-state index in [1.165, 1.54) is 0 Å². The SMILES string of the molecule is CC(C)(C)OC(=O)N1CCC2(CC1)OC(=N)NC2=O. The summed E-state index contributed by atoms with van der Waals surface area (Å²) < 4.78 is 10.6. The molecule has 2 fully saturated rings. The number of nitrogens with zero attached hydrogens (tertiary/aromatic N) is 1. The van der Waals surface area contributed by atoms with Crippen LogP contribution in [0.2, 0.25) is 0 Å². The van der Waals surface area contributed by atoms with Gasteiger partial charge < -0.3 is 14.4 Å². The second kappa shape index (κ2) is 4.40. The van der Waals surface area contributed by atoms with Crippen LogP contribution in [0.3, 0.4) is 0 Å². The zero-order chi connectivity index (χ0) is 14.3. The van der Waals surface area contributed by atoms with Gasteiger partial charge in [0.25, 0.3) is 11.9 Å². The van der Waals surface area contributed by atoms with Gasteiger partial charge in [0.1, 0.15) is 5.60 Å². The van der Waals surface area contributed by atoms with E-state index in [0.717, 1.165) is 0 Å². The molecule has 2 amide bonds. The molecule has 2 aliphatic heterocycles. The van der Waals surface area contributed by atoms with Crippen LogP contribution in [-0.2, 0) is 14.3 Å². The van der Waals surface area contributed by atoms with Crippen LogP contribution in [-0.4, -0.2) is 47.2 Å². The molecule has 0 saturated carbocycles. The first kappa shape index (κ1) is 13.6. The maximum absolute atomic E-state index is 11.9. The molecule has 0 bridgehead atoms. The molecule has 2 saturated heterocycles. The van der Waals surface area contributed by atoms with Crippen LogP contribution in [0, 0.1) is 5.41 Å². The Bertz CT molecular complexity index is 419. The Labute approximate surface area is 111 Å². The third-order valence-electron chi connectivity index (χ3n) is 3.16. The topological polar surface area (TPSA) is 91.7 Å². The maximum atomic E-state index is 11.9. The van der Waals surface area contributed by atoms with Crippen molar-refractivity contribution < 1.29 is 19.1 Å². The third kappa shape index (κ3) is 2.80. The summed E-state index contributed by atoms with van der Waals surface area (Å²) in [6.45, 7) is 6.20. The van der Waals surface area contributed by atoms with Crippen LogP contribution in [0.5, 0.6) is 0 Å². The van der Waals surface area contributed by atoms with Crippen molar-refractivity contribution in [2.75, 3.05) is 13.1 Å². The smallest absolute Gasteiger partial charge is 0.410 e. The van der Waals surface area contributed by atoms with Gasteiger partial charge >= 0.3 is 6.09 Å². The number of rotatable bonds is 0. The second-order valence-corrected chi connectivity index (χ2v) is 5.85. The summed E-state index contributed by atoms with van der Waals surface area (Å²) in [5.41, 5.74) is -1.51. The second-order valence-electron chi connectivity index (χ2n) is 5.85. The fraction of sp³-hybridized carbons (Fsp3) is 0.750. The van der Waals surface area contributed by atoms with Gasteiger partial charge in [-0.05, 0) is 20.8 Å². The first-order valence-electron chi connectivity index (χ1n) is 6.29. The Morgan fingerprint density at radius 2 is 2.00 bits per heavy atom. The lowest BCUT2D eigenvalue weighted by molar-refractivity contribution is -0.134. The van der Waals surface area contributed by atoms with Gasteiger partial charge in [-0.25, -0.2) is 4.79 Å². The van der Waals surface area contributed by atoms with Crippen molar-refractivity contribution in [1.29, 1.82) is 5.41 Å². The number of nitrogens with one attached hydrogen (secondary N) is 2. The third-order valence-corrected chi connectivity index (χ3v) is 3.16. The summed E-state index contributed by atoms with van der Waals surface area (Å²) in [5.74, 6) is -0.290. The van der Waals surface area contributed by atoms with E-state index in [9.17, 15) is 9.59 Å². The molecule has 106 valence electrons. The van der Waals surface area contributed by atoms with Crippen LogP contribution in [0.25, 0.3) is 0 Å². The summed E-state index contributed by atoms with van der Waals surface area (Å²) in [7, 11) is 0. The van der Waals surface area contributed by atoms with E-state index in [1.807, 2.05) is 20.8 Å². The number of piperidine rings is 1. The van der Waals surface area contributed by atoms with Gasteiger partial charge in [0.2, 0.25) is 0 Å². The van der Waals surface area contributed by atoms with E-state index >= 15 is 0 Å². The van der Waals surface area contributed by atoms with Gasteiger partial charge in [0.15, 0.2) is 5.60 Å². The van der Waals surface area contributed by atoms with Crippen molar-refractivity contribution in [3.8, 4) is 0 Å². The van der Waals surface area contributed by atoms with Crippen molar-refractivity contribution in [3.63, 3.8) is 0 Å². The van der Waals surface area contributed by atoms with E-state index in [-0.39, 0.29) is 18.0 Å². The Morgan fingerprint density at radius 1 is 1.42 bits per heavy atom. The summed E-state index contributed by atoms with van der Waals surface area (Å²) in [6, 6.07) is -0.212. The van der Waals surface area contributed by atoms with Crippen LogP contribution in [0.4, 0.5) is 4.79 Å². The van der Waals surface area contributed by atoms with Gasteiger partial charge in [0.05, 0.1) is 0 Å². The van der Waals surface area contributed by atoms with E-state index in [2.05, 4.69) is 5.32 Å². The van der Waals surface area contributed by atoms with E-state index < -0.39 is 11.2 Å². The molecule has 0 aromatic heterocycles. The zero-order valence-corrected chi connectivity index (χ0v) is 11.4. The first-order valence-corrected chi connectivity index (χ1v) is 6.29. The zero-order valence-electron chi connectivity index (χ0n) is 11.4. The molecule has 0 aliphatic carbocycles. The molecule has 19 heavy (non-hydrogen) atoms. The van der Waals surface area contributed by atoms with Crippen molar-refractivity contribution in [3.05, 3.63) is 0 Å². The molecular weight excluding hydrogens is 250 g/mol. The van der Waals surface area contributed by atoms with Crippen LogP contribution >= 0.6 is 0 Å². The Hall–Kier alpha value is -1.79. The number of carbonyl (C=O) groups is 2. The summed E-state index contributed by atoms with van der Waals surface area (Å²) >= 11 is 0. The Kier molecular flexibility index (Phi) is 3.15. The molecule has 0 aromatic carbocycles. The Morgan fingerprint density at radius 3 is 2.42 bits per heavy atom. The summed E-state index contributed by atoms with van der Waals surface area (Å²) in [5, 5.41) is 9.68. The highest BCUT2D eigenvalue weighted by atomic mass is 16.6. The van der Waals surface area contributed by atoms with Crippen LogP contribution < -0.4 is 5.32 Å². The van der Waals surface area contributed by atoms with Crippen molar-refractivity contribution in [2.24, 2.45) is 0 Å². The number of amidine groups is 1. The highest BCUT2D eigenvalue weighted by molar-refractivity contribution is 6.03. The lowest BCUT2D eigenvalue weighted by Gasteiger charge is -2.36. The quantitative estimate of drug-likeness (QED) is 0.681. The predicted molar refractivity (Wildman–Crippen MR) is 66.7 cm³/mol. The molecular formula is C12H19N3O4. The summed E-state index contributed by atoms with van der Waals surface area (Å²) in [6.07, 6.45) is 0.372. The molecule has 2 N–H and O–H groups in total.